The first-order valence-corrected chi connectivity index (χ1v) is 8.88. The lowest BCUT2D eigenvalue weighted by Gasteiger charge is -2.29. The minimum absolute atomic E-state index is 0.118. The quantitative estimate of drug-likeness (QED) is 0.681. The predicted octanol–water partition coefficient (Wildman–Crippen LogP) is 5.05. The van der Waals surface area contributed by atoms with Crippen LogP contribution in [0.1, 0.15) is 18.9 Å². The predicted molar refractivity (Wildman–Crippen MR) is 98.7 cm³/mol. The van der Waals surface area contributed by atoms with Crippen LogP contribution in [-0.4, -0.2) is 24.1 Å². The van der Waals surface area contributed by atoms with E-state index in [0.717, 1.165) is 36.3 Å². The molecule has 1 aliphatic rings. The van der Waals surface area contributed by atoms with Gasteiger partial charge in [0.2, 0.25) is 0 Å². The van der Waals surface area contributed by atoms with Crippen LogP contribution in [0.3, 0.4) is 0 Å². The molecule has 3 heteroatoms. The fraction of sp³-hybridized carbons (Fsp3) is 0.300. The van der Waals surface area contributed by atoms with Crippen LogP contribution in [-0.2, 0) is 6.54 Å². The minimum Gasteiger partial charge on any atom is -0.485 e. The Labute approximate surface area is 146 Å². The molecule has 0 saturated carbocycles. The van der Waals surface area contributed by atoms with Crippen LogP contribution < -0.4 is 4.74 Å². The molecular weight excluding hydrogens is 350 g/mol. The van der Waals surface area contributed by atoms with Crippen molar-refractivity contribution in [1.29, 1.82) is 0 Å². The number of hydrogen-bond acceptors (Lipinski definition) is 2. The molecule has 0 fully saturated rings. The number of hydrogen-bond donors (Lipinski definition) is 0. The molecule has 1 atom stereocenters. The van der Waals surface area contributed by atoms with Crippen LogP contribution in [0.2, 0.25) is 0 Å². The largest absolute Gasteiger partial charge is 0.485 e. The van der Waals surface area contributed by atoms with Gasteiger partial charge in [-0.1, -0.05) is 48.5 Å². The number of nitrogens with zero attached hydrogens (tertiary/aromatic N) is 1. The summed E-state index contributed by atoms with van der Waals surface area (Å²) in [5, 5.41) is 0. The summed E-state index contributed by atoms with van der Waals surface area (Å²) in [6, 6.07) is 18.7. The molecule has 0 aliphatic carbocycles. The third-order valence-corrected chi connectivity index (χ3v) is 4.90. The molecule has 0 spiro atoms. The first-order valence-electron chi connectivity index (χ1n) is 8.09. The Morgan fingerprint density at radius 1 is 1.09 bits per heavy atom. The lowest BCUT2D eigenvalue weighted by atomic mass is 10.0. The number of para-hydroxylation sites is 1. The molecule has 0 amide bonds. The van der Waals surface area contributed by atoms with Crippen molar-refractivity contribution in [3.05, 3.63) is 76.3 Å². The summed E-state index contributed by atoms with van der Waals surface area (Å²) in [7, 11) is 0. The molecule has 3 rings (SSSR count). The van der Waals surface area contributed by atoms with Crippen molar-refractivity contribution in [1.82, 2.24) is 4.90 Å². The molecule has 120 valence electrons. The Hall–Kier alpha value is -1.58. The highest BCUT2D eigenvalue weighted by molar-refractivity contribution is 9.10. The van der Waals surface area contributed by atoms with Crippen molar-refractivity contribution in [3.8, 4) is 5.75 Å². The Morgan fingerprint density at radius 3 is 2.52 bits per heavy atom. The van der Waals surface area contributed by atoms with Gasteiger partial charge in [-0.25, -0.2) is 0 Å². The zero-order valence-electron chi connectivity index (χ0n) is 13.4. The lowest BCUT2D eigenvalue weighted by molar-refractivity contribution is 0.226. The third kappa shape index (κ3) is 4.46. The molecule has 0 saturated heterocycles. The summed E-state index contributed by atoms with van der Waals surface area (Å²) >= 11 is 3.54. The SMILES string of the molecule is CC(Oc1ccccc1Br)C1=CCN(Cc2ccccc2)CC1. The lowest BCUT2D eigenvalue weighted by Crippen LogP contribution is -2.31. The maximum absolute atomic E-state index is 6.10. The molecule has 0 aromatic heterocycles. The van der Waals surface area contributed by atoms with Crippen molar-refractivity contribution in [2.24, 2.45) is 0 Å². The van der Waals surface area contributed by atoms with Gasteiger partial charge in [-0.2, -0.15) is 0 Å². The Balaban J connectivity index is 1.57. The number of halogens is 1. The van der Waals surface area contributed by atoms with E-state index >= 15 is 0 Å². The van der Waals surface area contributed by atoms with E-state index in [0.29, 0.717) is 0 Å². The van der Waals surface area contributed by atoms with Crippen molar-refractivity contribution in [2.75, 3.05) is 13.1 Å². The molecule has 0 N–H and O–H groups in total. The molecule has 1 heterocycles. The van der Waals surface area contributed by atoms with Crippen LogP contribution in [0, 0.1) is 0 Å². The topological polar surface area (TPSA) is 12.5 Å². The van der Waals surface area contributed by atoms with Crippen LogP contribution in [0.25, 0.3) is 0 Å². The zero-order valence-corrected chi connectivity index (χ0v) is 15.0. The molecule has 0 bridgehead atoms. The standard InChI is InChI=1S/C20H22BrNO/c1-16(23-20-10-6-5-9-19(20)21)18-11-13-22(14-12-18)15-17-7-3-2-4-8-17/h2-11,16H,12-15H2,1H3. The highest BCUT2D eigenvalue weighted by Crippen LogP contribution is 2.27. The number of rotatable bonds is 5. The van der Waals surface area contributed by atoms with Gasteiger partial charge in [0.1, 0.15) is 11.9 Å². The third-order valence-electron chi connectivity index (χ3n) is 4.24. The van der Waals surface area contributed by atoms with Gasteiger partial charge >= 0.3 is 0 Å². The van der Waals surface area contributed by atoms with E-state index in [4.69, 9.17) is 4.74 Å². The van der Waals surface area contributed by atoms with Crippen molar-refractivity contribution in [2.45, 2.75) is 26.0 Å². The van der Waals surface area contributed by atoms with Gasteiger partial charge in [-0.05, 0) is 52.5 Å². The summed E-state index contributed by atoms with van der Waals surface area (Å²) in [5.74, 6) is 0.910. The van der Waals surface area contributed by atoms with Gasteiger partial charge in [0, 0.05) is 19.6 Å². The van der Waals surface area contributed by atoms with E-state index < -0.39 is 0 Å². The molecule has 2 nitrogen and oxygen atoms in total. The average molecular weight is 372 g/mol. The number of benzene rings is 2. The first kappa shape index (κ1) is 16.3. The molecule has 1 unspecified atom stereocenters. The van der Waals surface area contributed by atoms with Gasteiger partial charge in [-0.3, -0.25) is 4.90 Å². The second-order valence-corrected chi connectivity index (χ2v) is 6.79. The van der Waals surface area contributed by atoms with Crippen molar-refractivity contribution in [3.63, 3.8) is 0 Å². The molecule has 0 radical (unpaired) electrons. The molecule has 2 aromatic rings. The smallest absolute Gasteiger partial charge is 0.134 e. The molecule has 23 heavy (non-hydrogen) atoms. The van der Waals surface area contributed by atoms with E-state index in [9.17, 15) is 0 Å². The van der Waals surface area contributed by atoms with E-state index in [1.807, 2.05) is 24.3 Å². The van der Waals surface area contributed by atoms with Gasteiger partial charge in [0.25, 0.3) is 0 Å². The zero-order chi connectivity index (χ0) is 16.1. The van der Waals surface area contributed by atoms with Gasteiger partial charge < -0.3 is 4.74 Å². The van der Waals surface area contributed by atoms with E-state index in [1.165, 1.54) is 11.1 Å². The van der Waals surface area contributed by atoms with E-state index in [-0.39, 0.29) is 6.10 Å². The van der Waals surface area contributed by atoms with Gasteiger partial charge in [-0.15, -0.1) is 0 Å². The summed E-state index contributed by atoms with van der Waals surface area (Å²) < 4.78 is 7.11. The summed E-state index contributed by atoms with van der Waals surface area (Å²) in [5.41, 5.74) is 2.77. The molecule has 2 aromatic carbocycles. The summed E-state index contributed by atoms with van der Waals surface area (Å²) in [4.78, 5) is 2.48. The number of ether oxygens (including phenoxy) is 1. The van der Waals surface area contributed by atoms with Crippen molar-refractivity contribution < 1.29 is 4.74 Å². The van der Waals surface area contributed by atoms with Crippen LogP contribution in [0.4, 0.5) is 0 Å². The fourth-order valence-corrected chi connectivity index (χ4v) is 3.27. The Morgan fingerprint density at radius 2 is 1.83 bits per heavy atom. The van der Waals surface area contributed by atoms with Crippen molar-refractivity contribution >= 4 is 15.9 Å². The van der Waals surface area contributed by atoms with Gasteiger partial charge in [0.15, 0.2) is 0 Å². The Kier molecular flexibility index (Phi) is 5.52. The normalized spacial score (nSPS) is 16.7. The molecule has 1 aliphatic heterocycles. The summed E-state index contributed by atoms with van der Waals surface area (Å²) in [6.07, 6.45) is 3.51. The summed E-state index contributed by atoms with van der Waals surface area (Å²) in [6.45, 7) is 5.24. The maximum Gasteiger partial charge on any atom is 0.134 e. The maximum atomic E-state index is 6.10. The van der Waals surface area contributed by atoms with Crippen LogP contribution >= 0.6 is 15.9 Å². The highest BCUT2D eigenvalue weighted by Gasteiger charge is 2.18. The Bertz CT molecular complexity index is 668. The van der Waals surface area contributed by atoms with E-state index in [2.05, 4.69) is 64.2 Å². The second-order valence-electron chi connectivity index (χ2n) is 5.94. The van der Waals surface area contributed by atoms with Crippen LogP contribution in [0.5, 0.6) is 5.75 Å². The highest BCUT2D eigenvalue weighted by atomic mass is 79.9. The second kappa shape index (κ2) is 7.80. The van der Waals surface area contributed by atoms with Gasteiger partial charge in [0.05, 0.1) is 4.47 Å². The van der Waals surface area contributed by atoms with Crippen LogP contribution in [0.15, 0.2) is 70.7 Å². The molecular formula is C20H22BrNO. The first-order chi connectivity index (χ1) is 11.2. The average Bonchev–Trinajstić information content (AvgIpc) is 2.58. The monoisotopic (exact) mass is 371 g/mol. The van der Waals surface area contributed by atoms with E-state index in [1.54, 1.807) is 0 Å². The minimum atomic E-state index is 0.118. The fourth-order valence-electron chi connectivity index (χ4n) is 2.89.